The summed E-state index contributed by atoms with van der Waals surface area (Å²) in [6, 6.07) is 7.06. The molecule has 2 N–H and O–H groups in total. The fraction of sp³-hybridized carbons (Fsp3) is 0.385. The summed E-state index contributed by atoms with van der Waals surface area (Å²) in [5.41, 5.74) is 0.990. The highest BCUT2D eigenvalue weighted by Crippen LogP contribution is 2.12. The highest BCUT2D eigenvalue weighted by atomic mass is 32.2. The molecule has 1 aliphatic heterocycles. The molecule has 0 aliphatic carbocycles. The second kappa shape index (κ2) is 6.47. The standard InChI is InChI=1S/C13H16N2O3S/c1-18-10-4-2-9(3-5-10)6-14-13(17)11-7-19-8-12(16)15-11/h2-5,11H,6-8H2,1H3,(H,14,17)(H,15,16). The highest BCUT2D eigenvalue weighted by Gasteiger charge is 2.24. The smallest absolute Gasteiger partial charge is 0.243 e. The molecule has 102 valence electrons. The molecule has 0 radical (unpaired) electrons. The third-order valence-corrected chi connectivity index (χ3v) is 3.83. The third kappa shape index (κ3) is 3.89. The molecule has 1 aromatic carbocycles. The van der Waals surface area contributed by atoms with Gasteiger partial charge in [0.25, 0.3) is 0 Å². The largest absolute Gasteiger partial charge is 0.497 e. The van der Waals surface area contributed by atoms with Gasteiger partial charge in [0.15, 0.2) is 0 Å². The van der Waals surface area contributed by atoms with Crippen molar-refractivity contribution in [3.63, 3.8) is 0 Å². The SMILES string of the molecule is COc1ccc(CNC(=O)C2CSCC(=O)N2)cc1. The first-order valence-electron chi connectivity index (χ1n) is 5.97. The minimum atomic E-state index is -0.426. The molecule has 5 nitrogen and oxygen atoms in total. The van der Waals surface area contributed by atoms with Gasteiger partial charge in [-0.2, -0.15) is 0 Å². The Balaban J connectivity index is 1.83. The van der Waals surface area contributed by atoms with E-state index in [4.69, 9.17) is 4.74 Å². The zero-order chi connectivity index (χ0) is 13.7. The first-order chi connectivity index (χ1) is 9.19. The molecule has 1 fully saturated rings. The Morgan fingerprint density at radius 3 is 2.84 bits per heavy atom. The molecule has 0 saturated carbocycles. The van der Waals surface area contributed by atoms with Crippen molar-refractivity contribution >= 4 is 23.6 Å². The molecule has 1 aliphatic rings. The van der Waals surface area contributed by atoms with Gasteiger partial charge in [-0.1, -0.05) is 12.1 Å². The summed E-state index contributed by atoms with van der Waals surface area (Å²) in [6.45, 7) is 0.444. The summed E-state index contributed by atoms with van der Waals surface area (Å²) in [5.74, 6) is 1.62. The van der Waals surface area contributed by atoms with Gasteiger partial charge in [0.1, 0.15) is 11.8 Å². The quantitative estimate of drug-likeness (QED) is 0.845. The molecule has 19 heavy (non-hydrogen) atoms. The van der Waals surface area contributed by atoms with Crippen molar-refractivity contribution in [3.05, 3.63) is 29.8 Å². The molecule has 1 saturated heterocycles. The van der Waals surface area contributed by atoms with Gasteiger partial charge in [0.05, 0.1) is 12.9 Å². The van der Waals surface area contributed by atoms with Crippen LogP contribution in [-0.4, -0.2) is 36.5 Å². The van der Waals surface area contributed by atoms with Crippen molar-refractivity contribution in [1.29, 1.82) is 0 Å². The van der Waals surface area contributed by atoms with Crippen LogP contribution in [0.25, 0.3) is 0 Å². The summed E-state index contributed by atoms with van der Waals surface area (Å²) in [4.78, 5) is 23.1. The van der Waals surface area contributed by atoms with E-state index >= 15 is 0 Å². The van der Waals surface area contributed by atoms with E-state index in [1.54, 1.807) is 7.11 Å². The highest BCUT2D eigenvalue weighted by molar-refractivity contribution is 8.00. The van der Waals surface area contributed by atoms with E-state index < -0.39 is 6.04 Å². The van der Waals surface area contributed by atoms with Crippen molar-refractivity contribution < 1.29 is 14.3 Å². The Bertz CT molecular complexity index is 461. The maximum absolute atomic E-state index is 11.9. The van der Waals surface area contributed by atoms with Gasteiger partial charge in [-0.25, -0.2) is 0 Å². The molecule has 0 spiro atoms. The first kappa shape index (κ1) is 13.7. The zero-order valence-electron chi connectivity index (χ0n) is 10.6. The Morgan fingerprint density at radius 1 is 1.47 bits per heavy atom. The summed E-state index contributed by atoms with van der Waals surface area (Å²) in [5, 5.41) is 5.50. The molecule has 1 atom stereocenters. The number of methoxy groups -OCH3 is 1. The number of hydrogen-bond donors (Lipinski definition) is 2. The maximum Gasteiger partial charge on any atom is 0.243 e. The minimum Gasteiger partial charge on any atom is -0.497 e. The molecule has 0 bridgehead atoms. The van der Waals surface area contributed by atoms with Crippen LogP contribution in [0.1, 0.15) is 5.56 Å². The van der Waals surface area contributed by atoms with Gasteiger partial charge in [0, 0.05) is 12.3 Å². The van der Waals surface area contributed by atoms with E-state index in [2.05, 4.69) is 10.6 Å². The summed E-state index contributed by atoms with van der Waals surface area (Å²) in [7, 11) is 1.61. The molecule has 2 amide bonds. The number of benzene rings is 1. The fourth-order valence-electron chi connectivity index (χ4n) is 1.74. The second-order valence-electron chi connectivity index (χ2n) is 4.20. The number of thioether (sulfide) groups is 1. The van der Waals surface area contributed by atoms with Crippen LogP contribution in [0.2, 0.25) is 0 Å². The van der Waals surface area contributed by atoms with Crippen LogP contribution in [0.15, 0.2) is 24.3 Å². The predicted molar refractivity (Wildman–Crippen MR) is 74.1 cm³/mol. The molecular formula is C13H16N2O3S. The Labute approximate surface area is 116 Å². The van der Waals surface area contributed by atoms with Crippen LogP contribution in [0, 0.1) is 0 Å². The monoisotopic (exact) mass is 280 g/mol. The van der Waals surface area contributed by atoms with Gasteiger partial charge < -0.3 is 15.4 Å². The maximum atomic E-state index is 11.9. The number of amides is 2. The number of rotatable bonds is 4. The van der Waals surface area contributed by atoms with Crippen LogP contribution in [0.5, 0.6) is 5.75 Å². The Morgan fingerprint density at radius 2 is 2.21 bits per heavy atom. The summed E-state index contributed by atoms with van der Waals surface area (Å²) < 4.78 is 5.06. The molecule has 1 unspecified atom stereocenters. The summed E-state index contributed by atoms with van der Waals surface area (Å²) >= 11 is 1.48. The van der Waals surface area contributed by atoms with E-state index in [9.17, 15) is 9.59 Å². The van der Waals surface area contributed by atoms with Gasteiger partial charge >= 0.3 is 0 Å². The van der Waals surface area contributed by atoms with Gasteiger partial charge in [-0.05, 0) is 17.7 Å². The average molecular weight is 280 g/mol. The van der Waals surface area contributed by atoms with Crippen molar-refractivity contribution in [1.82, 2.24) is 10.6 Å². The van der Waals surface area contributed by atoms with E-state index in [1.165, 1.54) is 11.8 Å². The van der Waals surface area contributed by atoms with E-state index in [-0.39, 0.29) is 11.8 Å². The lowest BCUT2D eigenvalue weighted by molar-refractivity contribution is -0.127. The molecule has 0 aromatic heterocycles. The number of nitrogens with one attached hydrogen (secondary N) is 2. The Kier molecular flexibility index (Phi) is 4.68. The molecular weight excluding hydrogens is 264 g/mol. The fourth-order valence-corrected chi connectivity index (χ4v) is 2.60. The zero-order valence-corrected chi connectivity index (χ0v) is 11.5. The summed E-state index contributed by atoms with van der Waals surface area (Å²) in [6.07, 6.45) is 0. The molecule has 2 rings (SSSR count). The minimum absolute atomic E-state index is 0.0825. The Hall–Kier alpha value is -1.69. The van der Waals surface area contributed by atoms with Crippen LogP contribution in [-0.2, 0) is 16.1 Å². The van der Waals surface area contributed by atoms with Crippen LogP contribution < -0.4 is 15.4 Å². The molecule has 1 heterocycles. The molecule has 6 heteroatoms. The third-order valence-electron chi connectivity index (χ3n) is 2.80. The van der Waals surface area contributed by atoms with Crippen molar-refractivity contribution in [3.8, 4) is 5.75 Å². The first-order valence-corrected chi connectivity index (χ1v) is 7.12. The van der Waals surface area contributed by atoms with E-state index in [0.717, 1.165) is 11.3 Å². The lowest BCUT2D eigenvalue weighted by atomic mass is 10.2. The van der Waals surface area contributed by atoms with Crippen molar-refractivity contribution in [2.24, 2.45) is 0 Å². The lowest BCUT2D eigenvalue weighted by Gasteiger charge is -2.22. The number of carbonyl (C=O) groups excluding carboxylic acids is 2. The predicted octanol–water partition coefficient (Wildman–Crippen LogP) is 0.543. The lowest BCUT2D eigenvalue weighted by Crippen LogP contribution is -2.51. The second-order valence-corrected chi connectivity index (χ2v) is 5.23. The normalized spacial score (nSPS) is 18.6. The number of ether oxygens (including phenoxy) is 1. The topological polar surface area (TPSA) is 67.4 Å². The number of carbonyl (C=O) groups is 2. The van der Waals surface area contributed by atoms with Gasteiger partial charge in [-0.15, -0.1) is 11.8 Å². The van der Waals surface area contributed by atoms with Crippen molar-refractivity contribution in [2.75, 3.05) is 18.6 Å². The molecule has 1 aromatic rings. The van der Waals surface area contributed by atoms with Crippen LogP contribution >= 0.6 is 11.8 Å². The number of hydrogen-bond acceptors (Lipinski definition) is 4. The van der Waals surface area contributed by atoms with E-state index in [0.29, 0.717) is 18.1 Å². The van der Waals surface area contributed by atoms with Gasteiger partial charge in [0.2, 0.25) is 11.8 Å². The van der Waals surface area contributed by atoms with E-state index in [1.807, 2.05) is 24.3 Å². The van der Waals surface area contributed by atoms with Gasteiger partial charge in [-0.3, -0.25) is 9.59 Å². The van der Waals surface area contributed by atoms with Crippen molar-refractivity contribution in [2.45, 2.75) is 12.6 Å². The average Bonchev–Trinajstić information content (AvgIpc) is 2.45. The van der Waals surface area contributed by atoms with Crippen LogP contribution in [0.4, 0.5) is 0 Å². The van der Waals surface area contributed by atoms with Crippen LogP contribution in [0.3, 0.4) is 0 Å².